The van der Waals surface area contributed by atoms with Crippen molar-refractivity contribution in [2.45, 2.75) is 6.92 Å². The van der Waals surface area contributed by atoms with Crippen molar-refractivity contribution >= 4 is 31.4 Å². The molecule has 1 aromatic rings. The molecule has 0 amide bonds. The van der Waals surface area contributed by atoms with E-state index in [1.54, 1.807) is 6.92 Å². The van der Waals surface area contributed by atoms with Crippen LogP contribution in [0.15, 0.2) is 6.20 Å². The van der Waals surface area contributed by atoms with Crippen molar-refractivity contribution in [1.82, 2.24) is 8.96 Å². The van der Waals surface area contributed by atoms with E-state index in [9.17, 15) is 8.68 Å². The molecule has 8 heteroatoms. The second kappa shape index (κ2) is 5.01. The van der Waals surface area contributed by atoms with Crippen molar-refractivity contribution in [2.24, 2.45) is 0 Å². The van der Waals surface area contributed by atoms with Gasteiger partial charge in [0, 0.05) is 6.20 Å². The average molecular weight is 218 g/mol. The number of aromatic nitrogens is 2. The lowest BCUT2D eigenvalue weighted by atomic mass is 9.98. The maximum Gasteiger partial charge on any atom is 0.375 e. The first kappa shape index (κ1) is 11.1. The molecule has 14 heavy (non-hydrogen) atoms. The number of esters is 1. The van der Waals surface area contributed by atoms with Crippen LogP contribution in [0.3, 0.4) is 0 Å². The minimum atomic E-state index is -0.711. The molecule has 1 rings (SSSR count). The number of halogens is 1. The number of ether oxygens (including phenoxy) is 1. The Labute approximate surface area is 85.0 Å². The fourth-order valence-electron chi connectivity index (χ4n) is 0.871. The van der Waals surface area contributed by atoms with E-state index in [1.165, 1.54) is 6.20 Å². The molecule has 1 heterocycles. The van der Waals surface area contributed by atoms with Crippen LogP contribution in [0.5, 0.6) is 0 Å². The molecule has 5 nitrogen and oxygen atoms in total. The summed E-state index contributed by atoms with van der Waals surface area (Å²) >= 11 is -0.172. The highest BCUT2D eigenvalue weighted by molar-refractivity contribution is 7.92. The molecule has 0 fully saturated rings. The van der Waals surface area contributed by atoms with E-state index in [4.69, 9.17) is 5.02 Å². The SMILES string of the molecule is CCOC(=O)c1nc(BO)cn1SF. The van der Waals surface area contributed by atoms with Gasteiger partial charge in [0.2, 0.25) is 5.82 Å². The Kier molecular flexibility index (Phi) is 3.96. The molecule has 1 aromatic heterocycles. The highest BCUT2D eigenvalue weighted by Crippen LogP contribution is 2.10. The van der Waals surface area contributed by atoms with Crippen molar-refractivity contribution < 1.29 is 18.4 Å². The van der Waals surface area contributed by atoms with Gasteiger partial charge in [-0.2, -0.15) is 0 Å². The third-order valence-corrected chi connectivity index (χ3v) is 1.85. The molecular formula is C6H8BFN2O3S. The molecule has 0 unspecified atom stereocenters. The molecule has 0 bridgehead atoms. The zero-order chi connectivity index (χ0) is 10.6. The molecule has 0 saturated heterocycles. The van der Waals surface area contributed by atoms with Gasteiger partial charge in [-0.15, -0.1) is 3.89 Å². The van der Waals surface area contributed by atoms with Crippen LogP contribution in [0.25, 0.3) is 0 Å². The van der Waals surface area contributed by atoms with Gasteiger partial charge in [0.25, 0.3) is 0 Å². The number of hydrogen-bond donors (Lipinski definition) is 1. The second-order valence-corrected chi connectivity index (χ2v) is 2.86. The van der Waals surface area contributed by atoms with Gasteiger partial charge in [0.15, 0.2) is 12.3 Å². The van der Waals surface area contributed by atoms with Crippen molar-refractivity contribution in [3.63, 3.8) is 0 Å². The van der Waals surface area contributed by atoms with Gasteiger partial charge in [-0.3, -0.25) is 0 Å². The molecule has 0 aliphatic rings. The van der Waals surface area contributed by atoms with Gasteiger partial charge in [-0.05, 0) is 6.92 Å². The maximum absolute atomic E-state index is 12.3. The Balaban J connectivity index is 2.93. The Morgan fingerprint density at radius 2 is 2.64 bits per heavy atom. The molecule has 0 aliphatic carbocycles. The largest absolute Gasteiger partial charge is 0.460 e. The van der Waals surface area contributed by atoms with Crippen LogP contribution in [-0.4, -0.2) is 34.0 Å². The van der Waals surface area contributed by atoms with E-state index in [2.05, 4.69) is 9.72 Å². The van der Waals surface area contributed by atoms with E-state index in [-0.39, 0.29) is 37.8 Å². The zero-order valence-electron chi connectivity index (χ0n) is 7.44. The van der Waals surface area contributed by atoms with Crippen LogP contribution in [-0.2, 0) is 4.74 Å². The third kappa shape index (κ3) is 2.27. The number of nitrogens with zero attached hydrogens (tertiary/aromatic N) is 2. The molecule has 1 N–H and O–H groups in total. The molecule has 0 saturated carbocycles. The first-order chi connectivity index (χ1) is 6.72. The van der Waals surface area contributed by atoms with Gasteiger partial charge in [-0.25, -0.2) is 13.8 Å². The fourth-order valence-corrected chi connectivity index (χ4v) is 1.21. The monoisotopic (exact) mass is 218 g/mol. The van der Waals surface area contributed by atoms with E-state index >= 15 is 0 Å². The van der Waals surface area contributed by atoms with E-state index in [1.807, 2.05) is 0 Å². The fraction of sp³-hybridized carbons (Fsp3) is 0.333. The highest BCUT2D eigenvalue weighted by Gasteiger charge is 2.17. The van der Waals surface area contributed by atoms with Crippen LogP contribution in [0.1, 0.15) is 17.5 Å². The van der Waals surface area contributed by atoms with Crippen LogP contribution in [0.4, 0.5) is 3.89 Å². The number of rotatable bonds is 4. The normalized spacial score (nSPS) is 9.93. The van der Waals surface area contributed by atoms with Gasteiger partial charge >= 0.3 is 13.5 Å². The van der Waals surface area contributed by atoms with Crippen molar-refractivity contribution in [1.29, 1.82) is 0 Å². The molecule has 0 aromatic carbocycles. The first-order valence-corrected chi connectivity index (χ1v) is 4.55. The molecule has 0 aliphatic heterocycles. The molecule has 0 spiro atoms. The van der Waals surface area contributed by atoms with Gasteiger partial charge in [-0.1, -0.05) is 0 Å². The summed E-state index contributed by atoms with van der Waals surface area (Å²) < 4.78 is 17.8. The predicted molar refractivity (Wildman–Crippen MR) is 51.3 cm³/mol. The summed E-state index contributed by atoms with van der Waals surface area (Å²) in [6, 6.07) is 0. The molecule has 0 radical (unpaired) electrons. The summed E-state index contributed by atoms with van der Waals surface area (Å²) in [6.07, 6.45) is 1.23. The Morgan fingerprint density at radius 3 is 3.14 bits per heavy atom. The lowest BCUT2D eigenvalue weighted by Crippen LogP contribution is -2.16. The topological polar surface area (TPSA) is 64.3 Å². The smallest absolute Gasteiger partial charge is 0.375 e. The quantitative estimate of drug-likeness (QED) is 0.540. The first-order valence-electron chi connectivity index (χ1n) is 3.88. The molecular weight excluding hydrogens is 210 g/mol. The number of hydrogen-bond acceptors (Lipinski definition) is 5. The summed E-state index contributed by atoms with van der Waals surface area (Å²) in [4.78, 5) is 14.9. The van der Waals surface area contributed by atoms with Gasteiger partial charge < -0.3 is 9.76 Å². The summed E-state index contributed by atoms with van der Waals surface area (Å²) in [6.45, 7) is 1.83. The van der Waals surface area contributed by atoms with Crippen LogP contribution in [0.2, 0.25) is 0 Å². The standard InChI is InChI=1S/C6H8BFN2O3S/c1-2-13-6(11)5-9-4(7-12)3-10(5)14-8/h3,7,12H,2H2,1H3. The molecule has 76 valence electrons. The van der Waals surface area contributed by atoms with E-state index < -0.39 is 5.97 Å². The molecule has 0 atom stereocenters. The summed E-state index contributed by atoms with van der Waals surface area (Å²) in [7, 11) is -0.347. The van der Waals surface area contributed by atoms with Gasteiger partial charge in [0.1, 0.15) is 0 Å². The number of carbonyl (C=O) groups excluding carboxylic acids is 1. The average Bonchev–Trinajstić information content (AvgIpc) is 2.61. The minimum Gasteiger partial charge on any atom is -0.460 e. The Morgan fingerprint density at radius 1 is 1.93 bits per heavy atom. The van der Waals surface area contributed by atoms with Crippen molar-refractivity contribution in [3.05, 3.63) is 12.0 Å². The Bertz CT molecular complexity index is 333. The van der Waals surface area contributed by atoms with Crippen molar-refractivity contribution in [2.75, 3.05) is 6.61 Å². The minimum absolute atomic E-state index is 0.164. The summed E-state index contributed by atoms with van der Waals surface area (Å²) in [5.74, 6) is -0.874. The van der Waals surface area contributed by atoms with Gasteiger partial charge in [0.05, 0.1) is 12.2 Å². The maximum atomic E-state index is 12.3. The summed E-state index contributed by atoms with van der Waals surface area (Å²) in [5.41, 5.74) is 0.221. The van der Waals surface area contributed by atoms with E-state index in [0.717, 1.165) is 3.97 Å². The Hall–Kier alpha value is -1.02. The van der Waals surface area contributed by atoms with Crippen LogP contribution < -0.4 is 5.59 Å². The number of imidazole rings is 1. The second-order valence-electron chi connectivity index (χ2n) is 2.33. The zero-order valence-corrected chi connectivity index (χ0v) is 8.25. The van der Waals surface area contributed by atoms with Crippen LogP contribution in [0, 0.1) is 0 Å². The lowest BCUT2D eigenvalue weighted by Gasteiger charge is -1.99. The van der Waals surface area contributed by atoms with E-state index in [0.29, 0.717) is 0 Å². The lowest BCUT2D eigenvalue weighted by molar-refractivity contribution is 0.0512. The van der Waals surface area contributed by atoms with Crippen LogP contribution >= 0.6 is 12.3 Å². The predicted octanol–water partition coefficient (Wildman–Crippen LogP) is -0.590. The third-order valence-electron chi connectivity index (χ3n) is 1.42. The number of carbonyl (C=O) groups is 1. The summed E-state index contributed by atoms with van der Waals surface area (Å²) in [5, 5.41) is 8.72. The van der Waals surface area contributed by atoms with Crippen molar-refractivity contribution in [3.8, 4) is 0 Å². The highest BCUT2D eigenvalue weighted by atomic mass is 32.2.